The predicted octanol–water partition coefficient (Wildman–Crippen LogP) is 3.23. The average molecular weight is 420 g/mol. The van der Waals surface area contributed by atoms with Crippen molar-refractivity contribution in [2.24, 2.45) is 0 Å². The second kappa shape index (κ2) is 6.72. The first kappa shape index (κ1) is 18.6. The van der Waals surface area contributed by atoms with E-state index in [0.29, 0.717) is 17.9 Å². The maximum atomic E-state index is 13.2. The lowest BCUT2D eigenvalue weighted by molar-refractivity contribution is 0.0961. The Kier molecular flexibility index (Phi) is 4.47. The van der Waals surface area contributed by atoms with Crippen LogP contribution in [0.4, 0.5) is 11.4 Å². The van der Waals surface area contributed by atoms with Crippen molar-refractivity contribution < 1.29 is 18.3 Å². The summed E-state index contributed by atoms with van der Waals surface area (Å²) < 4.78 is 25.3. The van der Waals surface area contributed by atoms with Crippen LogP contribution in [0.3, 0.4) is 0 Å². The minimum absolute atomic E-state index is 0.0983. The number of carbonyl (C=O) groups excluding carboxylic acids is 1. The normalized spacial score (nSPS) is 16.4. The lowest BCUT2D eigenvalue weighted by atomic mass is 9.95. The van der Waals surface area contributed by atoms with Crippen LogP contribution >= 0.6 is 11.6 Å². The molecule has 0 aliphatic carbocycles. The van der Waals surface area contributed by atoms with Crippen LogP contribution in [0.1, 0.15) is 22.0 Å². The van der Waals surface area contributed by atoms with Gasteiger partial charge in [-0.2, -0.15) is 0 Å². The molecular weight excluding hydrogens is 402 g/mol. The summed E-state index contributed by atoms with van der Waals surface area (Å²) in [7, 11) is -3.38. The summed E-state index contributed by atoms with van der Waals surface area (Å²) in [6, 6.07) is 11.9. The van der Waals surface area contributed by atoms with Gasteiger partial charge in [0.2, 0.25) is 10.0 Å². The maximum absolute atomic E-state index is 13.2. The van der Waals surface area contributed by atoms with Gasteiger partial charge in [-0.15, -0.1) is 11.6 Å². The van der Waals surface area contributed by atoms with Crippen LogP contribution in [0.5, 0.6) is 5.75 Å². The number of aromatic hydroxyl groups is 1. The molecule has 0 saturated carbocycles. The standard InChI is InChI=1S/C19H18ClN3O4S/c1-28(26,27)22-12-2-4-16-11(6-12)7-17(21-16)19(25)15-9-23(10-20)18-5-3-13(24)8-14(15)18/h2-8,15,21-22,24H,9-10H2,1H3. The first-order valence-corrected chi connectivity index (χ1v) is 11.0. The van der Waals surface area contributed by atoms with Gasteiger partial charge in [-0.3, -0.25) is 9.52 Å². The fourth-order valence-corrected chi connectivity index (χ4v) is 4.38. The summed E-state index contributed by atoms with van der Waals surface area (Å²) in [4.78, 5) is 18.2. The number of nitrogens with zero attached hydrogens (tertiary/aromatic N) is 1. The van der Waals surface area contributed by atoms with Crippen molar-refractivity contribution in [1.82, 2.24) is 4.98 Å². The summed E-state index contributed by atoms with van der Waals surface area (Å²) in [6.45, 7) is 0.428. The molecule has 0 radical (unpaired) electrons. The number of alkyl halides is 1. The van der Waals surface area contributed by atoms with Gasteiger partial charge in [-0.1, -0.05) is 0 Å². The van der Waals surface area contributed by atoms with Crippen LogP contribution in [0.2, 0.25) is 0 Å². The average Bonchev–Trinajstić information content (AvgIpc) is 3.20. The Bertz CT molecular complexity index is 1190. The highest BCUT2D eigenvalue weighted by Gasteiger charge is 2.34. The van der Waals surface area contributed by atoms with E-state index >= 15 is 0 Å². The molecule has 1 aliphatic rings. The molecule has 3 aromatic rings. The summed E-state index contributed by atoms with van der Waals surface area (Å²) in [5.74, 6) is -0.475. The van der Waals surface area contributed by atoms with E-state index in [4.69, 9.17) is 11.6 Å². The number of nitrogens with one attached hydrogen (secondary N) is 2. The van der Waals surface area contributed by atoms with Crippen LogP contribution in [0.15, 0.2) is 42.5 Å². The highest BCUT2D eigenvalue weighted by Crippen LogP contribution is 2.40. The van der Waals surface area contributed by atoms with Gasteiger partial charge in [0, 0.05) is 28.8 Å². The number of phenolic OH excluding ortho intramolecular Hbond substituents is 1. The molecule has 0 saturated heterocycles. The quantitative estimate of drug-likeness (QED) is 0.335. The Labute approximate surface area is 167 Å². The number of aromatic amines is 1. The Balaban J connectivity index is 1.69. The fraction of sp³-hybridized carbons (Fsp3) is 0.211. The number of hydrogen-bond donors (Lipinski definition) is 3. The predicted molar refractivity (Wildman–Crippen MR) is 110 cm³/mol. The van der Waals surface area contributed by atoms with E-state index in [1.54, 1.807) is 42.5 Å². The first-order chi connectivity index (χ1) is 13.2. The molecule has 1 aliphatic heterocycles. The molecule has 28 heavy (non-hydrogen) atoms. The number of ketones is 1. The van der Waals surface area contributed by atoms with E-state index in [1.165, 1.54) is 0 Å². The summed E-state index contributed by atoms with van der Waals surface area (Å²) >= 11 is 6.01. The molecule has 2 heterocycles. The molecular formula is C19H18ClN3O4S. The number of benzene rings is 2. The number of Topliss-reactive ketones (excluding diaryl/α,β-unsaturated/α-hetero) is 1. The van der Waals surface area contributed by atoms with Gasteiger partial charge in [0.05, 0.1) is 23.9 Å². The van der Waals surface area contributed by atoms with Crippen molar-refractivity contribution in [2.45, 2.75) is 5.92 Å². The molecule has 0 bridgehead atoms. The number of rotatable bonds is 5. The second-order valence-electron chi connectivity index (χ2n) is 6.86. The van der Waals surface area contributed by atoms with E-state index in [9.17, 15) is 18.3 Å². The van der Waals surface area contributed by atoms with Crippen LogP contribution in [-0.2, 0) is 10.0 Å². The third kappa shape index (κ3) is 3.41. The molecule has 0 amide bonds. The number of carbonyl (C=O) groups is 1. The van der Waals surface area contributed by atoms with Crippen LogP contribution in [0, 0.1) is 0 Å². The lowest BCUT2D eigenvalue weighted by Crippen LogP contribution is -2.23. The number of aromatic nitrogens is 1. The van der Waals surface area contributed by atoms with Gasteiger partial charge < -0.3 is 15.0 Å². The zero-order valence-electron chi connectivity index (χ0n) is 14.9. The number of fused-ring (bicyclic) bond motifs is 2. The molecule has 0 spiro atoms. The number of sulfonamides is 1. The Morgan fingerprint density at radius 3 is 2.79 bits per heavy atom. The molecule has 1 unspecified atom stereocenters. The van der Waals surface area contributed by atoms with Gasteiger partial charge >= 0.3 is 0 Å². The van der Waals surface area contributed by atoms with Crippen molar-refractivity contribution in [3.8, 4) is 5.75 Å². The monoisotopic (exact) mass is 419 g/mol. The van der Waals surface area contributed by atoms with Crippen molar-refractivity contribution in [3.05, 3.63) is 53.7 Å². The smallest absolute Gasteiger partial charge is 0.229 e. The molecule has 3 N–H and O–H groups in total. The Morgan fingerprint density at radius 1 is 1.29 bits per heavy atom. The van der Waals surface area contributed by atoms with E-state index in [2.05, 4.69) is 9.71 Å². The van der Waals surface area contributed by atoms with E-state index in [-0.39, 0.29) is 17.5 Å². The van der Waals surface area contributed by atoms with Gasteiger partial charge in [-0.05, 0) is 48.0 Å². The highest BCUT2D eigenvalue weighted by molar-refractivity contribution is 7.92. The van der Waals surface area contributed by atoms with Crippen LogP contribution in [-0.4, -0.2) is 43.1 Å². The number of hydrogen-bond acceptors (Lipinski definition) is 5. The number of halogens is 1. The Morgan fingerprint density at radius 2 is 2.07 bits per heavy atom. The molecule has 4 rings (SSSR count). The summed E-state index contributed by atoms with van der Waals surface area (Å²) in [5.41, 5.74) is 3.15. The number of phenols is 1. The topological polar surface area (TPSA) is 102 Å². The molecule has 146 valence electrons. The van der Waals surface area contributed by atoms with Crippen molar-refractivity contribution in [3.63, 3.8) is 0 Å². The largest absolute Gasteiger partial charge is 0.508 e. The van der Waals surface area contributed by atoms with Crippen molar-refractivity contribution >= 4 is 49.7 Å². The third-order valence-corrected chi connectivity index (χ3v) is 5.68. The second-order valence-corrected chi connectivity index (χ2v) is 8.85. The molecule has 0 fully saturated rings. The number of H-pyrrole nitrogens is 1. The minimum atomic E-state index is -3.38. The van der Waals surface area contributed by atoms with Gasteiger partial charge in [-0.25, -0.2) is 8.42 Å². The molecule has 2 aromatic carbocycles. The summed E-state index contributed by atoms with van der Waals surface area (Å²) in [5, 5.41) is 10.6. The minimum Gasteiger partial charge on any atom is -0.508 e. The third-order valence-electron chi connectivity index (χ3n) is 4.78. The van der Waals surface area contributed by atoms with E-state index < -0.39 is 15.9 Å². The molecule has 7 nitrogen and oxygen atoms in total. The SMILES string of the molecule is CS(=O)(=O)Nc1ccc2[nH]c(C(=O)C3CN(CCl)c4ccc(O)cc43)cc2c1. The Hall–Kier alpha value is -2.71. The fourth-order valence-electron chi connectivity index (χ4n) is 3.59. The zero-order chi connectivity index (χ0) is 20.1. The van der Waals surface area contributed by atoms with Gasteiger partial charge in [0.15, 0.2) is 5.78 Å². The van der Waals surface area contributed by atoms with E-state index in [0.717, 1.165) is 28.4 Å². The highest BCUT2D eigenvalue weighted by atomic mass is 35.5. The lowest BCUT2D eigenvalue weighted by Gasteiger charge is -2.15. The van der Waals surface area contributed by atoms with Gasteiger partial charge in [0.1, 0.15) is 5.75 Å². The maximum Gasteiger partial charge on any atom is 0.229 e. The summed E-state index contributed by atoms with van der Waals surface area (Å²) in [6.07, 6.45) is 1.08. The van der Waals surface area contributed by atoms with Gasteiger partial charge in [0.25, 0.3) is 0 Å². The number of anilines is 2. The van der Waals surface area contributed by atoms with Crippen LogP contribution in [0.25, 0.3) is 10.9 Å². The molecule has 1 atom stereocenters. The van der Waals surface area contributed by atoms with Crippen molar-refractivity contribution in [1.29, 1.82) is 0 Å². The van der Waals surface area contributed by atoms with Crippen LogP contribution < -0.4 is 9.62 Å². The first-order valence-electron chi connectivity index (χ1n) is 8.54. The van der Waals surface area contributed by atoms with E-state index in [1.807, 2.05) is 4.90 Å². The zero-order valence-corrected chi connectivity index (χ0v) is 16.5. The van der Waals surface area contributed by atoms with Crippen molar-refractivity contribution in [2.75, 3.05) is 28.4 Å². The molecule has 9 heteroatoms. The molecule has 1 aromatic heterocycles.